The Morgan fingerprint density at radius 1 is 1.28 bits per heavy atom. The monoisotopic (exact) mass is 358 g/mol. The molecule has 0 unspecified atom stereocenters. The Labute approximate surface area is 151 Å². The Kier molecular flexibility index (Phi) is 6.89. The molecule has 0 aliphatic carbocycles. The van der Waals surface area contributed by atoms with Gasteiger partial charge >= 0.3 is 5.97 Å². The smallest absolute Gasteiger partial charge is 0.311 e. The number of amides is 1. The van der Waals surface area contributed by atoms with E-state index >= 15 is 0 Å². The lowest BCUT2D eigenvalue weighted by molar-refractivity contribution is -0.142. The first kappa shape index (κ1) is 18.9. The van der Waals surface area contributed by atoms with E-state index in [0.717, 1.165) is 5.56 Å². The molecular formula is C19H22N2O3S. The van der Waals surface area contributed by atoms with Gasteiger partial charge in [-0.3, -0.25) is 14.9 Å². The number of carbonyl (C=O) groups excluding carboxylic acids is 2. The van der Waals surface area contributed by atoms with Crippen molar-refractivity contribution in [1.82, 2.24) is 4.98 Å². The predicted octanol–water partition coefficient (Wildman–Crippen LogP) is 4.02. The predicted molar refractivity (Wildman–Crippen MR) is 101 cm³/mol. The molecule has 1 heterocycles. The summed E-state index contributed by atoms with van der Waals surface area (Å²) in [5.41, 5.74) is 2.81. The van der Waals surface area contributed by atoms with Crippen LogP contribution in [0.3, 0.4) is 0 Å². The lowest BCUT2D eigenvalue weighted by atomic mass is 10.0. The molecule has 5 nitrogen and oxygen atoms in total. The number of esters is 1. The Hall–Kier alpha value is -2.47. The summed E-state index contributed by atoms with van der Waals surface area (Å²) in [5, 5.41) is 4.90. The first-order valence-corrected chi connectivity index (χ1v) is 9.05. The molecular weight excluding hydrogens is 336 g/mol. The normalized spacial score (nSPS) is 11.0. The van der Waals surface area contributed by atoms with Crippen molar-refractivity contribution < 1.29 is 14.3 Å². The van der Waals surface area contributed by atoms with Gasteiger partial charge in [-0.05, 0) is 30.0 Å². The number of hydrogen-bond donors (Lipinski definition) is 1. The molecule has 1 aromatic carbocycles. The van der Waals surface area contributed by atoms with Crippen LogP contribution in [0.15, 0.2) is 35.7 Å². The molecule has 2 aromatic rings. The lowest BCUT2D eigenvalue weighted by Crippen LogP contribution is -2.09. The molecule has 6 heteroatoms. The fourth-order valence-corrected chi connectivity index (χ4v) is 2.83. The van der Waals surface area contributed by atoms with Gasteiger partial charge in [0, 0.05) is 11.5 Å². The van der Waals surface area contributed by atoms with Crippen LogP contribution in [0.25, 0.3) is 6.08 Å². The van der Waals surface area contributed by atoms with Gasteiger partial charge in [0.25, 0.3) is 0 Å². The molecule has 1 aromatic heterocycles. The van der Waals surface area contributed by atoms with Crippen LogP contribution in [-0.4, -0.2) is 23.5 Å². The van der Waals surface area contributed by atoms with Crippen LogP contribution in [0, 0.1) is 0 Å². The molecule has 2 rings (SSSR count). The van der Waals surface area contributed by atoms with Crippen molar-refractivity contribution in [3.63, 3.8) is 0 Å². The summed E-state index contributed by atoms with van der Waals surface area (Å²) in [6.07, 6.45) is 3.33. The first-order chi connectivity index (χ1) is 12.0. The second kappa shape index (κ2) is 9.13. The van der Waals surface area contributed by atoms with Crippen LogP contribution in [0.1, 0.15) is 43.5 Å². The molecule has 25 heavy (non-hydrogen) atoms. The highest BCUT2D eigenvalue weighted by molar-refractivity contribution is 7.14. The molecule has 0 fully saturated rings. The van der Waals surface area contributed by atoms with Gasteiger partial charge in [0.05, 0.1) is 18.7 Å². The van der Waals surface area contributed by atoms with E-state index in [0.29, 0.717) is 23.4 Å². The molecule has 0 aliphatic heterocycles. The third-order valence-electron chi connectivity index (χ3n) is 3.44. The van der Waals surface area contributed by atoms with Crippen LogP contribution in [0.2, 0.25) is 0 Å². The fraction of sp³-hybridized carbons (Fsp3) is 0.316. The number of nitrogens with zero attached hydrogens (tertiary/aromatic N) is 1. The number of carbonyl (C=O) groups is 2. The van der Waals surface area contributed by atoms with Crippen LogP contribution >= 0.6 is 11.3 Å². The Morgan fingerprint density at radius 3 is 2.64 bits per heavy atom. The lowest BCUT2D eigenvalue weighted by Gasteiger charge is -2.04. The van der Waals surface area contributed by atoms with Crippen LogP contribution in [0.4, 0.5) is 5.13 Å². The first-order valence-electron chi connectivity index (χ1n) is 8.17. The molecule has 1 amide bonds. The van der Waals surface area contributed by atoms with Crippen LogP contribution < -0.4 is 5.32 Å². The van der Waals surface area contributed by atoms with E-state index < -0.39 is 0 Å². The molecule has 0 saturated heterocycles. The zero-order valence-electron chi connectivity index (χ0n) is 14.6. The fourth-order valence-electron chi connectivity index (χ4n) is 2.12. The topological polar surface area (TPSA) is 68.3 Å². The van der Waals surface area contributed by atoms with Gasteiger partial charge in [0.15, 0.2) is 5.13 Å². The van der Waals surface area contributed by atoms with Crippen molar-refractivity contribution in [3.8, 4) is 0 Å². The van der Waals surface area contributed by atoms with E-state index in [4.69, 9.17) is 4.74 Å². The third kappa shape index (κ3) is 6.15. The standard InChI is InChI=1S/C19H22N2O3S/c1-4-24-18(23)11-16-12-25-19(20-16)21-17(22)10-7-14-5-8-15(9-6-14)13(2)3/h5-10,12-13H,4,11H2,1-3H3,(H,20,21,22). The maximum atomic E-state index is 12.0. The Morgan fingerprint density at radius 2 is 2.00 bits per heavy atom. The van der Waals surface area contributed by atoms with E-state index in [2.05, 4.69) is 36.3 Å². The minimum atomic E-state index is -0.324. The van der Waals surface area contributed by atoms with E-state index in [1.165, 1.54) is 23.0 Å². The SMILES string of the molecule is CCOC(=O)Cc1csc(NC(=O)C=Cc2ccc(C(C)C)cc2)n1. The number of nitrogens with one attached hydrogen (secondary N) is 1. The Bertz CT molecular complexity index is 748. The van der Waals surface area contributed by atoms with Crippen molar-refractivity contribution in [2.45, 2.75) is 33.1 Å². The number of anilines is 1. The highest BCUT2D eigenvalue weighted by Gasteiger charge is 2.09. The van der Waals surface area contributed by atoms with Crippen molar-refractivity contribution in [2.24, 2.45) is 0 Å². The molecule has 0 saturated carbocycles. The van der Waals surface area contributed by atoms with Gasteiger partial charge in [0.1, 0.15) is 0 Å². The maximum Gasteiger partial charge on any atom is 0.311 e. The average molecular weight is 358 g/mol. The summed E-state index contributed by atoms with van der Waals surface area (Å²) >= 11 is 1.28. The average Bonchev–Trinajstić information content (AvgIpc) is 3.00. The zero-order valence-corrected chi connectivity index (χ0v) is 15.4. The van der Waals surface area contributed by atoms with Crippen molar-refractivity contribution >= 4 is 34.4 Å². The van der Waals surface area contributed by atoms with Gasteiger partial charge in [-0.15, -0.1) is 11.3 Å². The Balaban J connectivity index is 1.89. The molecule has 1 N–H and O–H groups in total. The maximum absolute atomic E-state index is 12.0. The summed E-state index contributed by atoms with van der Waals surface area (Å²) in [4.78, 5) is 27.6. The molecule has 0 bridgehead atoms. The molecule has 132 valence electrons. The number of hydrogen-bond acceptors (Lipinski definition) is 5. The summed E-state index contributed by atoms with van der Waals surface area (Å²) in [6, 6.07) is 8.09. The summed E-state index contributed by atoms with van der Waals surface area (Å²) in [6.45, 7) is 6.38. The van der Waals surface area contributed by atoms with E-state index in [1.807, 2.05) is 12.1 Å². The number of rotatable bonds is 7. The third-order valence-corrected chi connectivity index (χ3v) is 4.25. The zero-order chi connectivity index (χ0) is 18.2. The number of aromatic nitrogens is 1. The highest BCUT2D eigenvalue weighted by atomic mass is 32.1. The van der Waals surface area contributed by atoms with Crippen LogP contribution in [0.5, 0.6) is 0 Å². The van der Waals surface area contributed by atoms with Crippen LogP contribution in [-0.2, 0) is 20.7 Å². The molecule has 0 aliphatic rings. The van der Waals surface area contributed by atoms with E-state index in [9.17, 15) is 9.59 Å². The van der Waals surface area contributed by atoms with Gasteiger partial charge in [0.2, 0.25) is 5.91 Å². The number of benzene rings is 1. The number of thiazole rings is 1. The minimum absolute atomic E-state index is 0.109. The second-order valence-corrected chi connectivity index (χ2v) is 6.63. The highest BCUT2D eigenvalue weighted by Crippen LogP contribution is 2.17. The summed E-state index contributed by atoms with van der Waals surface area (Å²) < 4.78 is 4.87. The molecule has 0 atom stereocenters. The summed E-state index contributed by atoms with van der Waals surface area (Å²) in [5.74, 6) is -0.101. The molecule has 0 radical (unpaired) electrons. The quantitative estimate of drug-likeness (QED) is 0.599. The van der Waals surface area contributed by atoms with E-state index in [1.54, 1.807) is 18.4 Å². The van der Waals surface area contributed by atoms with Crippen molar-refractivity contribution in [1.29, 1.82) is 0 Å². The van der Waals surface area contributed by atoms with Crippen molar-refractivity contribution in [2.75, 3.05) is 11.9 Å². The molecule has 0 spiro atoms. The second-order valence-electron chi connectivity index (χ2n) is 5.77. The van der Waals surface area contributed by atoms with Gasteiger partial charge in [-0.2, -0.15) is 0 Å². The van der Waals surface area contributed by atoms with Gasteiger partial charge in [-0.25, -0.2) is 4.98 Å². The largest absolute Gasteiger partial charge is 0.466 e. The van der Waals surface area contributed by atoms with E-state index in [-0.39, 0.29) is 18.3 Å². The van der Waals surface area contributed by atoms with Gasteiger partial charge in [-0.1, -0.05) is 38.1 Å². The minimum Gasteiger partial charge on any atom is -0.466 e. The summed E-state index contributed by atoms with van der Waals surface area (Å²) in [7, 11) is 0. The van der Waals surface area contributed by atoms with Gasteiger partial charge < -0.3 is 4.74 Å². The van der Waals surface area contributed by atoms with Crippen molar-refractivity contribution in [3.05, 3.63) is 52.5 Å². The number of ether oxygens (including phenoxy) is 1.